The summed E-state index contributed by atoms with van der Waals surface area (Å²) in [4.78, 5) is 14.8. The van der Waals surface area contributed by atoms with Gasteiger partial charge in [-0.1, -0.05) is 44.2 Å². The minimum atomic E-state index is -0.247. The number of amides is 1. The molecule has 1 aliphatic rings. The zero-order chi connectivity index (χ0) is 18.5. The van der Waals surface area contributed by atoms with E-state index in [-0.39, 0.29) is 24.3 Å². The van der Waals surface area contributed by atoms with Crippen LogP contribution in [0.1, 0.15) is 36.9 Å². The number of rotatable bonds is 5. The van der Waals surface area contributed by atoms with Crippen molar-refractivity contribution in [2.45, 2.75) is 25.8 Å². The van der Waals surface area contributed by atoms with E-state index < -0.39 is 0 Å². The Balaban J connectivity index is 1.71. The lowest BCUT2D eigenvalue weighted by atomic mass is 10.0. The number of nitrogens with zero attached hydrogens (tertiary/aromatic N) is 1. The van der Waals surface area contributed by atoms with Crippen LogP contribution in [0.4, 0.5) is 10.1 Å². The fourth-order valence-corrected chi connectivity index (χ4v) is 3.47. The van der Waals surface area contributed by atoms with Gasteiger partial charge >= 0.3 is 0 Å². The molecule has 4 nitrogen and oxygen atoms in total. The number of hydrogen-bond donors (Lipinski definition) is 2. The topological polar surface area (TPSA) is 44.4 Å². The van der Waals surface area contributed by atoms with Gasteiger partial charge in [0.15, 0.2) is 0 Å². The van der Waals surface area contributed by atoms with Crippen LogP contribution in [0.3, 0.4) is 0 Å². The molecule has 26 heavy (non-hydrogen) atoms. The van der Waals surface area contributed by atoms with E-state index in [4.69, 9.17) is 0 Å². The van der Waals surface area contributed by atoms with Gasteiger partial charge in [-0.3, -0.25) is 9.69 Å². The molecule has 1 saturated heterocycles. The second kappa shape index (κ2) is 8.43. The summed E-state index contributed by atoms with van der Waals surface area (Å²) in [5.41, 5.74) is 2.89. The highest BCUT2D eigenvalue weighted by Gasteiger charge is 2.26. The van der Waals surface area contributed by atoms with Gasteiger partial charge in [0.1, 0.15) is 5.82 Å². The van der Waals surface area contributed by atoms with Crippen molar-refractivity contribution in [1.29, 1.82) is 0 Å². The summed E-state index contributed by atoms with van der Waals surface area (Å²) < 4.78 is 13.6. The van der Waals surface area contributed by atoms with E-state index in [1.165, 1.54) is 6.07 Å². The molecule has 138 valence electrons. The number of para-hydroxylation sites is 1. The minimum Gasteiger partial charge on any atom is -0.325 e. The smallest absolute Gasteiger partial charge is 0.238 e. The maximum Gasteiger partial charge on any atom is 0.238 e. The average Bonchev–Trinajstić information content (AvgIpc) is 2.62. The molecule has 1 unspecified atom stereocenters. The number of carbonyl (C=O) groups excluding carboxylic acids is 1. The van der Waals surface area contributed by atoms with Crippen molar-refractivity contribution in [3.63, 3.8) is 0 Å². The zero-order valence-electron chi connectivity index (χ0n) is 15.3. The molecule has 0 aliphatic carbocycles. The molecule has 3 rings (SSSR count). The highest BCUT2D eigenvalue weighted by molar-refractivity contribution is 5.93. The highest BCUT2D eigenvalue weighted by Crippen LogP contribution is 2.25. The summed E-state index contributed by atoms with van der Waals surface area (Å²) in [6.45, 7) is 6.79. The number of hydrogen-bond acceptors (Lipinski definition) is 3. The van der Waals surface area contributed by atoms with E-state index in [9.17, 15) is 9.18 Å². The molecule has 1 atom stereocenters. The second-order valence-electron chi connectivity index (χ2n) is 7.04. The summed E-state index contributed by atoms with van der Waals surface area (Å²) in [6.07, 6.45) is 0. The van der Waals surface area contributed by atoms with Crippen LogP contribution in [0.2, 0.25) is 0 Å². The van der Waals surface area contributed by atoms with E-state index in [1.54, 1.807) is 12.1 Å². The van der Waals surface area contributed by atoms with Gasteiger partial charge in [-0.15, -0.1) is 0 Å². The van der Waals surface area contributed by atoms with Crippen molar-refractivity contribution in [3.05, 3.63) is 65.5 Å². The summed E-state index contributed by atoms with van der Waals surface area (Å²) in [7, 11) is 0. The lowest BCUT2D eigenvalue weighted by Gasteiger charge is -2.36. The van der Waals surface area contributed by atoms with Crippen LogP contribution in [0.25, 0.3) is 0 Å². The Hall–Kier alpha value is -2.24. The fraction of sp³-hybridized carbons (Fsp3) is 0.381. The monoisotopic (exact) mass is 355 g/mol. The standard InChI is InChI=1S/C21H26FN3O/c1-15(2)18-8-3-4-9-19(18)24-21(26)14-25-11-10-23-13-20(25)16-6-5-7-17(22)12-16/h3-9,12,15,20,23H,10-11,13-14H2,1-2H3,(H,24,26). The van der Waals surface area contributed by atoms with Crippen LogP contribution in [0, 0.1) is 5.82 Å². The normalized spacial score (nSPS) is 18.1. The quantitative estimate of drug-likeness (QED) is 0.862. The summed E-state index contributed by atoms with van der Waals surface area (Å²) in [6, 6.07) is 14.5. The lowest BCUT2D eigenvalue weighted by molar-refractivity contribution is -0.118. The molecule has 0 spiro atoms. The first-order valence-electron chi connectivity index (χ1n) is 9.13. The van der Waals surface area contributed by atoms with Crippen LogP contribution < -0.4 is 10.6 Å². The van der Waals surface area contributed by atoms with Crippen molar-refractivity contribution in [2.24, 2.45) is 0 Å². The first kappa shape index (κ1) is 18.5. The molecule has 0 bridgehead atoms. The van der Waals surface area contributed by atoms with Crippen molar-refractivity contribution in [2.75, 3.05) is 31.5 Å². The molecule has 2 aromatic rings. The Morgan fingerprint density at radius 3 is 2.85 bits per heavy atom. The SMILES string of the molecule is CC(C)c1ccccc1NC(=O)CN1CCNCC1c1cccc(F)c1. The molecule has 1 heterocycles. The molecule has 0 radical (unpaired) electrons. The Bertz CT molecular complexity index is 762. The maximum atomic E-state index is 13.6. The van der Waals surface area contributed by atoms with E-state index in [0.717, 1.165) is 29.9 Å². The van der Waals surface area contributed by atoms with Crippen molar-refractivity contribution >= 4 is 11.6 Å². The van der Waals surface area contributed by atoms with Gasteiger partial charge in [-0.2, -0.15) is 0 Å². The van der Waals surface area contributed by atoms with E-state index >= 15 is 0 Å². The second-order valence-corrected chi connectivity index (χ2v) is 7.04. The van der Waals surface area contributed by atoms with Crippen molar-refractivity contribution < 1.29 is 9.18 Å². The van der Waals surface area contributed by atoms with Crippen molar-refractivity contribution in [1.82, 2.24) is 10.2 Å². The molecule has 1 amide bonds. The number of anilines is 1. The van der Waals surface area contributed by atoms with E-state index in [0.29, 0.717) is 12.5 Å². The number of carbonyl (C=O) groups is 1. The Kier molecular flexibility index (Phi) is 6.01. The van der Waals surface area contributed by atoms with Gasteiger partial charge < -0.3 is 10.6 Å². The summed E-state index contributed by atoms with van der Waals surface area (Å²) in [5.74, 6) is 0.0514. The number of benzene rings is 2. The molecular formula is C21H26FN3O. The summed E-state index contributed by atoms with van der Waals surface area (Å²) in [5, 5.41) is 6.38. The first-order chi connectivity index (χ1) is 12.5. The van der Waals surface area contributed by atoms with Gasteiger partial charge in [0.05, 0.1) is 6.54 Å². The molecular weight excluding hydrogens is 329 g/mol. The third kappa shape index (κ3) is 4.48. The lowest BCUT2D eigenvalue weighted by Crippen LogP contribution is -2.48. The Morgan fingerprint density at radius 2 is 2.08 bits per heavy atom. The number of halogens is 1. The zero-order valence-corrected chi connectivity index (χ0v) is 15.3. The van der Waals surface area contributed by atoms with Crippen molar-refractivity contribution in [3.8, 4) is 0 Å². The van der Waals surface area contributed by atoms with Gasteiger partial charge in [0, 0.05) is 31.4 Å². The minimum absolute atomic E-state index is 0.00876. The molecule has 5 heteroatoms. The van der Waals surface area contributed by atoms with Gasteiger partial charge in [0.2, 0.25) is 5.91 Å². The Morgan fingerprint density at radius 1 is 1.27 bits per heavy atom. The summed E-state index contributed by atoms with van der Waals surface area (Å²) >= 11 is 0. The third-order valence-corrected chi connectivity index (χ3v) is 4.79. The molecule has 1 aliphatic heterocycles. The maximum absolute atomic E-state index is 13.6. The molecule has 0 aromatic heterocycles. The molecule has 2 N–H and O–H groups in total. The third-order valence-electron chi connectivity index (χ3n) is 4.79. The highest BCUT2D eigenvalue weighted by atomic mass is 19.1. The Labute approximate surface area is 154 Å². The fourth-order valence-electron chi connectivity index (χ4n) is 3.47. The first-order valence-corrected chi connectivity index (χ1v) is 9.13. The van der Waals surface area contributed by atoms with Crippen LogP contribution in [0.5, 0.6) is 0 Å². The molecule has 0 saturated carbocycles. The predicted octanol–water partition coefficient (Wildman–Crippen LogP) is 3.53. The average molecular weight is 355 g/mol. The molecule has 1 fully saturated rings. The predicted molar refractivity (Wildman–Crippen MR) is 103 cm³/mol. The number of nitrogens with one attached hydrogen (secondary N) is 2. The van der Waals surface area contributed by atoms with E-state index in [1.807, 2.05) is 30.3 Å². The van der Waals surface area contributed by atoms with Crippen LogP contribution in [-0.4, -0.2) is 37.0 Å². The van der Waals surface area contributed by atoms with Gasteiger partial charge in [0.25, 0.3) is 0 Å². The van der Waals surface area contributed by atoms with Crippen LogP contribution >= 0.6 is 0 Å². The van der Waals surface area contributed by atoms with E-state index in [2.05, 4.69) is 29.4 Å². The largest absolute Gasteiger partial charge is 0.325 e. The van der Waals surface area contributed by atoms with Crippen LogP contribution in [-0.2, 0) is 4.79 Å². The van der Waals surface area contributed by atoms with Gasteiger partial charge in [-0.05, 0) is 35.2 Å². The van der Waals surface area contributed by atoms with Crippen LogP contribution in [0.15, 0.2) is 48.5 Å². The number of piperazine rings is 1. The van der Waals surface area contributed by atoms with Gasteiger partial charge in [-0.25, -0.2) is 4.39 Å². The molecule has 2 aromatic carbocycles.